The van der Waals surface area contributed by atoms with Crippen molar-refractivity contribution in [2.45, 2.75) is 32.7 Å². The highest BCUT2D eigenvalue weighted by molar-refractivity contribution is 5.80. The molecular formula is C13H16N4O2. The van der Waals surface area contributed by atoms with Gasteiger partial charge in [0.1, 0.15) is 17.8 Å². The van der Waals surface area contributed by atoms with Gasteiger partial charge in [0.15, 0.2) is 0 Å². The largest absolute Gasteiger partial charge is 0.464 e. The minimum Gasteiger partial charge on any atom is -0.464 e. The Labute approximate surface area is 112 Å². The molecule has 0 radical (unpaired) electrons. The summed E-state index contributed by atoms with van der Waals surface area (Å²) in [6.07, 6.45) is 1.63. The number of nitriles is 1. The lowest BCUT2D eigenvalue weighted by Gasteiger charge is -2.23. The van der Waals surface area contributed by atoms with Crippen molar-refractivity contribution < 1.29 is 9.53 Å². The van der Waals surface area contributed by atoms with Crippen molar-refractivity contribution in [3.05, 3.63) is 17.5 Å². The maximum Gasteiger partial charge on any atom is 0.328 e. The average molecular weight is 260 g/mol. The molecule has 0 aliphatic carbocycles. The Bertz CT molecular complexity index is 524. The topological polar surface area (TPSA) is 79.1 Å². The Hall–Kier alpha value is -2.16. The zero-order valence-electron chi connectivity index (χ0n) is 11.1. The second-order valence-electron chi connectivity index (χ2n) is 4.41. The third-order valence-electron chi connectivity index (χ3n) is 3.03. The number of hydrogen-bond donors (Lipinski definition) is 0. The summed E-state index contributed by atoms with van der Waals surface area (Å²) in [5.41, 5.74) is 1.04. The first-order chi connectivity index (χ1) is 9.15. The lowest BCUT2D eigenvalue weighted by Crippen LogP contribution is -2.38. The standard InChI is InChI=1S/C13H16N4O2/c1-3-19-12(18)11-5-4-6-17(11)13-15-9(2)7-10(8-14)16-13/h7,11H,3-6H2,1-2H3. The number of carbonyl (C=O) groups is 1. The molecule has 6 heteroatoms. The number of nitrogens with zero attached hydrogens (tertiary/aromatic N) is 4. The molecule has 1 fully saturated rings. The highest BCUT2D eigenvalue weighted by Crippen LogP contribution is 2.23. The van der Waals surface area contributed by atoms with E-state index in [9.17, 15) is 4.79 Å². The third-order valence-corrected chi connectivity index (χ3v) is 3.03. The molecule has 1 aliphatic heterocycles. The van der Waals surface area contributed by atoms with E-state index in [1.54, 1.807) is 13.0 Å². The fourth-order valence-corrected chi connectivity index (χ4v) is 2.23. The van der Waals surface area contributed by atoms with Gasteiger partial charge >= 0.3 is 5.97 Å². The smallest absolute Gasteiger partial charge is 0.328 e. The number of rotatable bonds is 3. The van der Waals surface area contributed by atoms with E-state index in [4.69, 9.17) is 10.00 Å². The van der Waals surface area contributed by atoms with Gasteiger partial charge in [0, 0.05) is 12.2 Å². The number of hydrogen-bond acceptors (Lipinski definition) is 6. The van der Waals surface area contributed by atoms with E-state index in [1.165, 1.54) is 0 Å². The monoisotopic (exact) mass is 260 g/mol. The van der Waals surface area contributed by atoms with Crippen molar-refractivity contribution in [2.24, 2.45) is 0 Å². The highest BCUT2D eigenvalue weighted by atomic mass is 16.5. The molecule has 6 nitrogen and oxygen atoms in total. The summed E-state index contributed by atoms with van der Waals surface area (Å²) in [5, 5.41) is 8.94. The molecule has 0 saturated carbocycles. The van der Waals surface area contributed by atoms with E-state index in [-0.39, 0.29) is 12.0 Å². The van der Waals surface area contributed by atoms with Crippen LogP contribution in [0, 0.1) is 18.3 Å². The SMILES string of the molecule is CCOC(=O)C1CCCN1c1nc(C)cc(C#N)n1. The summed E-state index contributed by atoms with van der Waals surface area (Å²) in [6.45, 7) is 4.66. The minimum absolute atomic E-state index is 0.247. The first kappa shape index (κ1) is 13.3. The molecule has 1 unspecified atom stereocenters. The van der Waals surface area contributed by atoms with E-state index >= 15 is 0 Å². The number of aromatic nitrogens is 2. The van der Waals surface area contributed by atoms with Crippen molar-refractivity contribution in [1.29, 1.82) is 5.26 Å². The molecule has 0 amide bonds. The van der Waals surface area contributed by atoms with Crippen LogP contribution in [-0.2, 0) is 9.53 Å². The fourth-order valence-electron chi connectivity index (χ4n) is 2.23. The van der Waals surface area contributed by atoms with Gasteiger partial charge in [-0.2, -0.15) is 5.26 Å². The Morgan fingerprint density at radius 3 is 3.11 bits per heavy atom. The summed E-state index contributed by atoms with van der Waals surface area (Å²) in [5.74, 6) is 0.190. The molecule has 19 heavy (non-hydrogen) atoms. The molecule has 0 aromatic carbocycles. The van der Waals surface area contributed by atoms with Crippen LogP contribution >= 0.6 is 0 Å². The normalized spacial score (nSPS) is 18.2. The molecule has 1 aliphatic rings. The average Bonchev–Trinajstić information content (AvgIpc) is 2.87. The van der Waals surface area contributed by atoms with E-state index < -0.39 is 0 Å². The van der Waals surface area contributed by atoms with Crippen LogP contribution in [0.1, 0.15) is 31.2 Å². The van der Waals surface area contributed by atoms with Gasteiger partial charge < -0.3 is 9.64 Å². The number of ether oxygens (including phenoxy) is 1. The molecule has 100 valence electrons. The fraction of sp³-hybridized carbons (Fsp3) is 0.538. The number of esters is 1. The van der Waals surface area contributed by atoms with Gasteiger partial charge in [-0.05, 0) is 32.8 Å². The molecule has 2 heterocycles. The van der Waals surface area contributed by atoms with Crippen LogP contribution in [0.15, 0.2) is 6.07 Å². The van der Waals surface area contributed by atoms with Crippen LogP contribution in [0.25, 0.3) is 0 Å². The molecule has 0 N–H and O–H groups in total. The second kappa shape index (κ2) is 5.65. The van der Waals surface area contributed by atoms with Gasteiger partial charge in [-0.3, -0.25) is 0 Å². The highest BCUT2D eigenvalue weighted by Gasteiger charge is 2.33. The quantitative estimate of drug-likeness (QED) is 0.759. The Kier molecular flexibility index (Phi) is 3.95. The molecule has 1 aromatic rings. The van der Waals surface area contributed by atoms with Crippen LogP contribution in [0.2, 0.25) is 0 Å². The van der Waals surface area contributed by atoms with E-state index in [2.05, 4.69) is 9.97 Å². The molecule has 0 bridgehead atoms. The van der Waals surface area contributed by atoms with Gasteiger partial charge in [0.2, 0.25) is 5.95 Å². The Balaban J connectivity index is 2.27. The summed E-state index contributed by atoms with van der Waals surface area (Å²) >= 11 is 0. The molecule has 1 aromatic heterocycles. The summed E-state index contributed by atoms with van der Waals surface area (Å²) in [7, 11) is 0. The molecule has 0 spiro atoms. The van der Waals surface area contributed by atoms with Crippen molar-refractivity contribution in [3.63, 3.8) is 0 Å². The number of aryl methyl sites for hydroxylation is 1. The van der Waals surface area contributed by atoms with Gasteiger partial charge in [-0.1, -0.05) is 0 Å². The number of carbonyl (C=O) groups excluding carboxylic acids is 1. The first-order valence-corrected chi connectivity index (χ1v) is 6.34. The maximum absolute atomic E-state index is 11.9. The van der Waals surface area contributed by atoms with Crippen molar-refractivity contribution in [3.8, 4) is 6.07 Å². The summed E-state index contributed by atoms with van der Waals surface area (Å²) in [6, 6.07) is 3.29. The van der Waals surface area contributed by atoms with Crippen molar-refractivity contribution in [1.82, 2.24) is 9.97 Å². The predicted molar refractivity (Wildman–Crippen MR) is 68.5 cm³/mol. The van der Waals surface area contributed by atoms with Gasteiger partial charge in [-0.15, -0.1) is 0 Å². The molecular weight excluding hydrogens is 244 g/mol. The zero-order chi connectivity index (χ0) is 13.8. The summed E-state index contributed by atoms with van der Waals surface area (Å²) < 4.78 is 5.06. The van der Waals surface area contributed by atoms with Crippen molar-refractivity contribution in [2.75, 3.05) is 18.1 Å². The van der Waals surface area contributed by atoms with Gasteiger partial charge in [-0.25, -0.2) is 14.8 Å². The maximum atomic E-state index is 11.9. The van der Waals surface area contributed by atoms with E-state index in [0.717, 1.165) is 18.5 Å². The molecule has 2 rings (SSSR count). The van der Waals surface area contributed by atoms with Crippen LogP contribution in [0.5, 0.6) is 0 Å². The summed E-state index contributed by atoms with van der Waals surface area (Å²) in [4.78, 5) is 22.2. The van der Waals surface area contributed by atoms with Crippen molar-refractivity contribution >= 4 is 11.9 Å². The van der Waals surface area contributed by atoms with Crippen LogP contribution < -0.4 is 4.90 Å². The minimum atomic E-state index is -0.340. The van der Waals surface area contributed by atoms with Gasteiger partial charge in [0.25, 0.3) is 0 Å². The predicted octanol–water partition coefficient (Wildman–Crippen LogP) is 1.19. The number of anilines is 1. The van der Waals surface area contributed by atoms with E-state index in [1.807, 2.05) is 17.9 Å². The Morgan fingerprint density at radius 1 is 1.63 bits per heavy atom. The zero-order valence-corrected chi connectivity index (χ0v) is 11.1. The lowest BCUT2D eigenvalue weighted by molar-refractivity contribution is -0.144. The van der Waals surface area contributed by atoms with Crippen LogP contribution in [0.4, 0.5) is 5.95 Å². The van der Waals surface area contributed by atoms with Gasteiger partial charge in [0.05, 0.1) is 6.61 Å². The second-order valence-corrected chi connectivity index (χ2v) is 4.41. The molecule has 1 saturated heterocycles. The van der Waals surface area contributed by atoms with Crippen LogP contribution in [0.3, 0.4) is 0 Å². The molecule has 1 atom stereocenters. The Morgan fingerprint density at radius 2 is 2.42 bits per heavy atom. The van der Waals surface area contributed by atoms with Crippen LogP contribution in [-0.4, -0.2) is 35.1 Å². The first-order valence-electron chi connectivity index (χ1n) is 6.34. The lowest BCUT2D eigenvalue weighted by atomic mass is 10.2. The van der Waals surface area contributed by atoms with E-state index in [0.29, 0.717) is 24.8 Å². The third kappa shape index (κ3) is 2.81.